The van der Waals surface area contributed by atoms with Gasteiger partial charge >= 0.3 is 0 Å². The van der Waals surface area contributed by atoms with Crippen LogP contribution in [0.1, 0.15) is 41.4 Å². The number of amides is 1. The highest BCUT2D eigenvalue weighted by Crippen LogP contribution is 2.18. The number of aromatic amines is 1. The van der Waals surface area contributed by atoms with Crippen molar-refractivity contribution in [2.24, 2.45) is 0 Å². The topological polar surface area (TPSA) is 78.0 Å². The SMILES string of the molecule is Cc1cc(O)ccc1C(=O)Nc1cc(C(C)C)[nH]n1. The fourth-order valence-electron chi connectivity index (χ4n) is 1.78. The summed E-state index contributed by atoms with van der Waals surface area (Å²) in [5.74, 6) is 0.741. The van der Waals surface area contributed by atoms with Crippen LogP contribution >= 0.6 is 0 Å². The second kappa shape index (κ2) is 5.14. The molecule has 2 aromatic rings. The molecule has 5 heteroatoms. The molecule has 0 saturated heterocycles. The highest BCUT2D eigenvalue weighted by Gasteiger charge is 2.12. The Bertz CT molecular complexity index is 602. The molecule has 0 saturated carbocycles. The van der Waals surface area contributed by atoms with E-state index in [0.29, 0.717) is 17.3 Å². The minimum atomic E-state index is -0.237. The van der Waals surface area contributed by atoms with Gasteiger partial charge in [-0.15, -0.1) is 0 Å². The fraction of sp³-hybridized carbons (Fsp3) is 0.286. The molecule has 0 fully saturated rings. The molecule has 0 aliphatic carbocycles. The van der Waals surface area contributed by atoms with Gasteiger partial charge in [0.1, 0.15) is 5.75 Å². The van der Waals surface area contributed by atoms with Crippen LogP contribution in [0.15, 0.2) is 24.3 Å². The highest BCUT2D eigenvalue weighted by molar-refractivity contribution is 6.04. The van der Waals surface area contributed by atoms with E-state index in [2.05, 4.69) is 15.5 Å². The van der Waals surface area contributed by atoms with E-state index in [9.17, 15) is 9.90 Å². The average Bonchev–Trinajstić information content (AvgIpc) is 2.77. The lowest BCUT2D eigenvalue weighted by Crippen LogP contribution is -2.13. The molecule has 5 nitrogen and oxygen atoms in total. The number of benzene rings is 1. The van der Waals surface area contributed by atoms with Crippen LogP contribution in [0, 0.1) is 6.92 Å². The molecular weight excluding hydrogens is 242 g/mol. The molecule has 1 aromatic carbocycles. The summed E-state index contributed by atoms with van der Waals surface area (Å²) in [6, 6.07) is 6.46. The summed E-state index contributed by atoms with van der Waals surface area (Å²) in [5.41, 5.74) is 2.21. The van der Waals surface area contributed by atoms with Crippen molar-refractivity contribution in [3.63, 3.8) is 0 Å². The summed E-state index contributed by atoms with van der Waals surface area (Å²) < 4.78 is 0. The van der Waals surface area contributed by atoms with Gasteiger partial charge < -0.3 is 10.4 Å². The Morgan fingerprint density at radius 3 is 2.68 bits per heavy atom. The quantitative estimate of drug-likeness (QED) is 0.793. The molecule has 100 valence electrons. The van der Waals surface area contributed by atoms with Gasteiger partial charge in [0.25, 0.3) is 5.91 Å². The van der Waals surface area contributed by atoms with Gasteiger partial charge in [0.2, 0.25) is 0 Å². The molecule has 1 aromatic heterocycles. The van der Waals surface area contributed by atoms with E-state index in [1.54, 1.807) is 19.1 Å². The highest BCUT2D eigenvalue weighted by atomic mass is 16.3. The zero-order chi connectivity index (χ0) is 14.0. The zero-order valence-electron chi connectivity index (χ0n) is 11.2. The maximum Gasteiger partial charge on any atom is 0.257 e. The second-order valence-corrected chi connectivity index (χ2v) is 4.82. The first-order valence-corrected chi connectivity index (χ1v) is 6.13. The van der Waals surface area contributed by atoms with Crippen molar-refractivity contribution in [1.29, 1.82) is 0 Å². The summed E-state index contributed by atoms with van der Waals surface area (Å²) in [6.45, 7) is 5.87. The number of rotatable bonds is 3. The van der Waals surface area contributed by atoms with Crippen LogP contribution in [0.3, 0.4) is 0 Å². The van der Waals surface area contributed by atoms with Gasteiger partial charge in [-0.25, -0.2) is 0 Å². The molecule has 0 aliphatic rings. The van der Waals surface area contributed by atoms with Crippen molar-refractivity contribution in [3.8, 4) is 5.75 Å². The lowest BCUT2D eigenvalue weighted by Gasteiger charge is -2.05. The summed E-state index contributed by atoms with van der Waals surface area (Å²) in [5, 5.41) is 19.0. The van der Waals surface area contributed by atoms with Gasteiger partial charge in [-0.05, 0) is 36.6 Å². The van der Waals surface area contributed by atoms with Crippen molar-refractivity contribution in [2.75, 3.05) is 5.32 Å². The molecule has 0 spiro atoms. The average molecular weight is 259 g/mol. The van der Waals surface area contributed by atoms with E-state index >= 15 is 0 Å². The lowest BCUT2D eigenvalue weighted by atomic mass is 10.1. The number of carbonyl (C=O) groups is 1. The number of nitrogens with zero attached hydrogens (tertiary/aromatic N) is 1. The van der Waals surface area contributed by atoms with Gasteiger partial charge in [0, 0.05) is 17.3 Å². The van der Waals surface area contributed by atoms with E-state index in [1.807, 2.05) is 19.9 Å². The molecule has 0 radical (unpaired) electrons. The standard InChI is InChI=1S/C14H17N3O2/c1-8(2)12-7-13(17-16-12)15-14(19)11-5-4-10(18)6-9(11)3/h4-8,18H,1-3H3,(H2,15,16,17,19). The van der Waals surface area contributed by atoms with Gasteiger partial charge in [-0.2, -0.15) is 5.10 Å². The smallest absolute Gasteiger partial charge is 0.257 e. The number of carbonyl (C=O) groups excluding carboxylic acids is 1. The number of anilines is 1. The first kappa shape index (κ1) is 13.1. The molecule has 1 heterocycles. The van der Waals surface area contributed by atoms with E-state index in [0.717, 1.165) is 11.3 Å². The monoisotopic (exact) mass is 259 g/mol. The number of hydrogen-bond acceptors (Lipinski definition) is 3. The molecule has 19 heavy (non-hydrogen) atoms. The minimum Gasteiger partial charge on any atom is -0.508 e. The lowest BCUT2D eigenvalue weighted by molar-refractivity contribution is 0.102. The Hall–Kier alpha value is -2.30. The number of aromatic nitrogens is 2. The Morgan fingerprint density at radius 2 is 2.11 bits per heavy atom. The number of aromatic hydroxyl groups is 1. The largest absolute Gasteiger partial charge is 0.508 e. The third kappa shape index (κ3) is 2.93. The van der Waals surface area contributed by atoms with E-state index in [-0.39, 0.29) is 11.7 Å². The third-order valence-corrected chi connectivity index (χ3v) is 2.92. The second-order valence-electron chi connectivity index (χ2n) is 4.82. The number of nitrogens with one attached hydrogen (secondary N) is 2. The first-order chi connectivity index (χ1) is 8.97. The summed E-state index contributed by atoms with van der Waals surface area (Å²) in [6.07, 6.45) is 0. The van der Waals surface area contributed by atoms with Crippen LogP contribution in [0.2, 0.25) is 0 Å². The van der Waals surface area contributed by atoms with E-state index in [4.69, 9.17) is 0 Å². The summed E-state index contributed by atoms with van der Waals surface area (Å²) in [4.78, 5) is 12.1. The fourth-order valence-corrected chi connectivity index (χ4v) is 1.78. The number of aryl methyl sites for hydroxylation is 1. The number of phenolic OH excluding ortho intramolecular Hbond substituents is 1. The van der Waals surface area contributed by atoms with E-state index in [1.165, 1.54) is 6.07 Å². The van der Waals surface area contributed by atoms with Gasteiger partial charge in [-0.1, -0.05) is 13.8 Å². The van der Waals surface area contributed by atoms with Crippen molar-refractivity contribution < 1.29 is 9.90 Å². The van der Waals surface area contributed by atoms with Crippen molar-refractivity contribution in [3.05, 3.63) is 41.1 Å². The Balaban J connectivity index is 2.16. The molecule has 0 unspecified atom stereocenters. The van der Waals surface area contributed by atoms with Crippen molar-refractivity contribution in [2.45, 2.75) is 26.7 Å². The van der Waals surface area contributed by atoms with Crippen LogP contribution in [0.4, 0.5) is 5.82 Å². The third-order valence-electron chi connectivity index (χ3n) is 2.92. The van der Waals surface area contributed by atoms with Gasteiger partial charge in [-0.3, -0.25) is 9.89 Å². The molecule has 2 rings (SSSR count). The molecular formula is C14H17N3O2. The molecule has 1 amide bonds. The number of H-pyrrole nitrogens is 1. The normalized spacial score (nSPS) is 10.7. The van der Waals surface area contributed by atoms with Crippen LogP contribution in [-0.2, 0) is 0 Å². The first-order valence-electron chi connectivity index (χ1n) is 6.13. The van der Waals surface area contributed by atoms with Gasteiger partial charge in [0.15, 0.2) is 5.82 Å². The summed E-state index contributed by atoms with van der Waals surface area (Å²) in [7, 11) is 0. The van der Waals surface area contributed by atoms with Crippen molar-refractivity contribution in [1.82, 2.24) is 10.2 Å². The van der Waals surface area contributed by atoms with Gasteiger partial charge in [0.05, 0.1) is 0 Å². The predicted octanol–water partition coefficient (Wildman–Crippen LogP) is 2.80. The number of phenols is 1. The number of hydrogen-bond donors (Lipinski definition) is 3. The summed E-state index contributed by atoms with van der Waals surface area (Å²) >= 11 is 0. The maximum absolute atomic E-state index is 12.1. The Kier molecular flexibility index (Phi) is 3.55. The zero-order valence-corrected chi connectivity index (χ0v) is 11.2. The Labute approximate surface area is 111 Å². The van der Waals surface area contributed by atoms with E-state index < -0.39 is 0 Å². The minimum absolute atomic E-state index is 0.149. The predicted molar refractivity (Wildman–Crippen MR) is 73.5 cm³/mol. The molecule has 3 N–H and O–H groups in total. The molecule has 0 bridgehead atoms. The van der Waals surface area contributed by atoms with Crippen molar-refractivity contribution >= 4 is 11.7 Å². The maximum atomic E-state index is 12.1. The van der Waals surface area contributed by atoms with Crippen LogP contribution in [-0.4, -0.2) is 21.2 Å². The molecule has 0 aliphatic heterocycles. The molecule has 0 atom stereocenters. The van der Waals surface area contributed by atoms with Crippen LogP contribution in [0.5, 0.6) is 5.75 Å². The van der Waals surface area contributed by atoms with Crippen LogP contribution in [0.25, 0.3) is 0 Å². The van der Waals surface area contributed by atoms with Crippen LogP contribution < -0.4 is 5.32 Å². The Morgan fingerprint density at radius 1 is 1.37 bits per heavy atom.